The van der Waals surface area contributed by atoms with E-state index in [1.165, 1.54) is 43.3 Å². The molecule has 2 aliphatic rings. The van der Waals surface area contributed by atoms with Crippen molar-refractivity contribution >= 4 is 10.0 Å². The summed E-state index contributed by atoms with van der Waals surface area (Å²) in [4.78, 5) is 0. The van der Waals surface area contributed by atoms with Crippen LogP contribution in [0.25, 0.3) is 0 Å². The third-order valence-electron chi connectivity index (χ3n) is 4.69. The summed E-state index contributed by atoms with van der Waals surface area (Å²) in [6.07, 6.45) is 8.38. The summed E-state index contributed by atoms with van der Waals surface area (Å²) in [5, 5.41) is 7.87. The van der Waals surface area contributed by atoms with E-state index in [9.17, 15) is 8.42 Å². The SMILES string of the molecule is CC(C#N)S(=O)(=O)N1CCC2(CCCCC2)CC1. The predicted octanol–water partition coefficient (Wildman–Crippen LogP) is 2.27. The Bertz CT molecular complexity index is 422. The Morgan fingerprint density at radius 1 is 1.11 bits per heavy atom. The highest BCUT2D eigenvalue weighted by atomic mass is 32.2. The minimum atomic E-state index is -3.40. The Hall–Kier alpha value is -0.600. The Kier molecular flexibility index (Phi) is 3.98. The molecule has 0 bridgehead atoms. The Labute approximate surface area is 110 Å². The van der Waals surface area contributed by atoms with E-state index in [4.69, 9.17) is 5.26 Å². The molecule has 1 aliphatic carbocycles. The van der Waals surface area contributed by atoms with Crippen LogP contribution in [-0.2, 0) is 10.0 Å². The monoisotopic (exact) mass is 270 g/mol. The van der Waals surface area contributed by atoms with Crippen molar-refractivity contribution in [2.45, 2.75) is 57.1 Å². The molecule has 4 nitrogen and oxygen atoms in total. The van der Waals surface area contributed by atoms with Crippen LogP contribution < -0.4 is 0 Å². The van der Waals surface area contributed by atoms with E-state index in [1.54, 1.807) is 0 Å². The first-order valence-electron chi connectivity index (χ1n) is 6.89. The van der Waals surface area contributed by atoms with Crippen LogP contribution >= 0.6 is 0 Å². The molecule has 2 fully saturated rings. The quantitative estimate of drug-likeness (QED) is 0.773. The summed E-state index contributed by atoms with van der Waals surface area (Å²) in [5.74, 6) is 0. The first kappa shape index (κ1) is 13.8. The molecule has 1 unspecified atom stereocenters. The lowest BCUT2D eigenvalue weighted by atomic mass is 9.68. The molecule has 1 heterocycles. The average Bonchev–Trinajstić information content (AvgIpc) is 2.39. The highest BCUT2D eigenvalue weighted by Crippen LogP contribution is 2.44. The van der Waals surface area contributed by atoms with E-state index in [2.05, 4.69) is 0 Å². The van der Waals surface area contributed by atoms with Crippen molar-refractivity contribution in [1.82, 2.24) is 4.31 Å². The molecular weight excluding hydrogens is 248 g/mol. The van der Waals surface area contributed by atoms with Gasteiger partial charge in [-0.3, -0.25) is 0 Å². The van der Waals surface area contributed by atoms with E-state index in [-0.39, 0.29) is 0 Å². The van der Waals surface area contributed by atoms with E-state index in [0.717, 1.165) is 12.8 Å². The molecule has 0 N–H and O–H groups in total. The van der Waals surface area contributed by atoms with Crippen LogP contribution in [0.5, 0.6) is 0 Å². The molecule has 0 aromatic rings. The summed E-state index contributed by atoms with van der Waals surface area (Å²) < 4.78 is 25.7. The van der Waals surface area contributed by atoms with Gasteiger partial charge in [0.05, 0.1) is 6.07 Å². The zero-order valence-electron chi connectivity index (χ0n) is 11.1. The maximum Gasteiger partial charge on any atom is 0.230 e. The zero-order chi connectivity index (χ0) is 13.2. The highest BCUT2D eigenvalue weighted by Gasteiger charge is 2.39. The maximum absolute atomic E-state index is 12.1. The van der Waals surface area contributed by atoms with Gasteiger partial charge in [0.15, 0.2) is 5.25 Å². The first-order chi connectivity index (χ1) is 8.50. The van der Waals surface area contributed by atoms with Gasteiger partial charge in [-0.25, -0.2) is 12.7 Å². The average molecular weight is 270 g/mol. The standard InChI is InChI=1S/C13H22N2O2S/c1-12(11-14)18(16,17)15-9-7-13(8-10-15)5-3-2-4-6-13/h12H,2-10H2,1H3. The van der Waals surface area contributed by atoms with Crippen LogP contribution in [0, 0.1) is 16.7 Å². The van der Waals surface area contributed by atoms with Gasteiger partial charge in [-0.1, -0.05) is 19.3 Å². The molecule has 1 atom stereocenters. The second-order valence-corrected chi connectivity index (χ2v) is 8.03. The molecule has 102 valence electrons. The normalized spacial score (nSPS) is 26.7. The van der Waals surface area contributed by atoms with Crippen molar-refractivity contribution in [3.05, 3.63) is 0 Å². The van der Waals surface area contributed by atoms with Crippen LogP contribution in [-0.4, -0.2) is 31.1 Å². The van der Waals surface area contributed by atoms with Crippen molar-refractivity contribution in [3.63, 3.8) is 0 Å². The van der Waals surface area contributed by atoms with Crippen LogP contribution in [0.1, 0.15) is 51.9 Å². The Morgan fingerprint density at radius 2 is 1.67 bits per heavy atom. The number of nitriles is 1. The van der Waals surface area contributed by atoms with Crippen LogP contribution in [0.15, 0.2) is 0 Å². The molecule has 1 saturated carbocycles. The predicted molar refractivity (Wildman–Crippen MR) is 70.3 cm³/mol. The Morgan fingerprint density at radius 3 is 2.17 bits per heavy atom. The fourth-order valence-corrected chi connectivity index (χ4v) is 4.58. The third-order valence-corrected chi connectivity index (χ3v) is 6.77. The molecule has 0 radical (unpaired) electrons. The molecule has 2 rings (SSSR count). The lowest BCUT2D eigenvalue weighted by Gasteiger charge is -2.44. The number of piperidine rings is 1. The number of rotatable bonds is 2. The highest BCUT2D eigenvalue weighted by molar-refractivity contribution is 7.89. The van der Waals surface area contributed by atoms with Crippen molar-refractivity contribution in [2.24, 2.45) is 5.41 Å². The molecule has 0 aromatic carbocycles. The molecule has 0 amide bonds. The lowest BCUT2D eigenvalue weighted by molar-refractivity contribution is 0.102. The third kappa shape index (κ3) is 2.55. The zero-order valence-corrected chi connectivity index (χ0v) is 11.9. The molecule has 0 aromatic heterocycles. The fraction of sp³-hybridized carbons (Fsp3) is 0.923. The largest absolute Gasteiger partial charge is 0.230 e. The van der Waals surface area contributed by atoms with Gasteiger partial charge in [-0.05, 0) is 38.0 Å². The smallest absolute Gasteiger partial charge is 0.211 e. The van der Waals surface area contributed by atoms with Crippen LogP contribution in [0.4, 0.5) is 0 Å². The molecule has 1 saturated heterocycles. The van der Waals surface area contributed by atoms with Crippen molar-refractivity contribution in [1.29, 1.82) is 5.26 Å². The van der Waals surface area contributed by atoms with Crippen molar-refractivity contribution in [2.75, 3.05) is 13.1 Å². The summed E-state index contributed by atoms with van der Waals surface area (Å²) in [6, 6.07) is 1.84. The Balaban J connectivity index is 2.00. The van der Waals surface area contributed by atoms with Crippen LogP contribution in [0.2, 0.25) is 0 Å². The van der Waals surface area contributed by atoms with E-state index in [0.29, 0.717) is 18.5 Å². The molecule has 1 aliphatic heterocycles. The van der Waals surface area contributed by atoms with E-state index >= 15 is 0 Å². The van der Waals surface area contributed by atoms with E-state index in [1.807, 2.05) is 6.07 Å². The topological polar surface area (TPSA) is 61.2 Å². The maximum atomic E-state index is 12.1. The lowest BCUT2D eigenvalue weighted by Crippen LogP contribution is -2.46. The van der Waals surface area contributed by atoms with Crippen molar-refractivity contribution in [3.8, 4) is 6.07 Å². The van der Waals surface area contributed by atoms with Crippen LogP contribution in [0.3, 0.4) is 0 Å². The minimum Gasteiger partial charge on any atom is -0.211 e. The van der Waals surface area contributed by atoms with Gasteiger partial charge in [0.25, 0.3) is 0 Å². The first-order valence-corrected chi connectivity index (χ1v) is 8.39. The second-order valence-electron chi connectivity index (χ2n) is 5.78. The number of sulfonamides is 1. The van der Waals surface area contributed by atoms with Gasteiger partial charge in [0.2, 0.25) is 10.0 Å². The molecule has 18 heavy (non-hydrogen) atoms. The summed E-state index contributed by atoms with van der Waals surface area (Å²) >= 11 is 0. The molecular formula is C13H22N2O2S. The summed E-state index contributed by atoms with van der Waals surface area (Å²) in [7, 11) is -3.40. The van der Waals surface area contributed by atoms with Gasteiger partial charge < -0.3 is 0 Å². The number of nitrogens with zero attached hydrogens (tertiary/aromatic N) is 2. The van der Waals surface area contributed by atoms with Crippen molar-refractivity contribution < 1.29 is 8.42 Å². The number of hydrogen-bond donors (Lipinski definition) is 0. The van der Waals surface area contributed by atoms with Gasteiger partial charge >= 0.3 is 0 Å². The number of hydrogen-bond acceptors (Lipinski definition) is 3. The van der Waals surface area contributed by atoms with Gasteiger partial charge in [0.1, 0.15) is 0 Å². The molecule has 1 spiro atoms. The minimum absolute atomic E-state index is 0.403. The van der Waals surface area contributed by atoms with E-state index < -0.39 is 15.3 Å². The molecule has 5 heteroatoms. The van der Waals surface area contributed by atoms with Gasteiger partial charge in [0, 0.05) is 13.1 Å². The van der Waals surface area contributed by atoms with Gasteiger partial charge in [-0.2, -0.15) is 5.26 Å². The summed E-state index contributed by atoms with van der Waals surface area (Å²) in [5.41, 5.74) is 0.403. The second kappa shape index (κ2) is 5.18. The fourth-order valence-electron chi connectivity index (χ4n) is 3.31. The van der Waals surface area contributed by atoms with Gasteiger partial charge in [-0.15, -0.1) is 0 Å². The summed E-state index contributed by atoms with van der Waals surface area (Å²) in [6.45, 7) is 2.68.